The number of amides is 2. The Balaban J connectivity index is 1.61. The van der Waals surface area contributed by atoms with Gasteiger partial charge in [0, 0.05) is 30.8 Å². The monoisotopic (exact) mass is 350 g/mol. The Morgan fingerprint density at radius 2 is 1.69 bits per heavy atom. The van der Waals surface area contributed by atoms with Gasteiger partial charge in [0.15, 0.2) is 0 Å². The molecule has 0 aliphatic carbocycles. The number of carbonyl (C=O) groups is 2. The standard InChI is InChI=1S/C22H26N2O2/c1-16(2)18-8-10-19(11-9-18)21(25)23-15-17-6-5-7-20(14-17)22(26)24-12-3-4-13-24/h5-11,14,16H,3-4,12-13,15H2,1-2H3,(H,23,25). The van der Waals surface area contributed by atoms with Crippen LogP contribution in [0.1, 0.15) is 64.4 Å². The molecule has 4 nitrogen and oxygen atoms in total. The normalized spacial score (nSPS) is 13.9. The van der Waals surface area contributed by atoms with Crippen LogP contribution in [0.2, 0.25) is 0 Å². The lowest BCUT2D eigenvalue weighted by atomic mass is 10.0. The number of carbonyl (C=O) groups excluding carboxylic acids is 2. The van der Waals surface area contributed by atoms with Crippen molar-refractivity contribution in [2.75, 3.05) is 13.1 Å². The second-order valence-electron chi connectivity index (χ2n) is 7.16. The van der Waals surface area contributed by atoms with Crippen molar-refractivity contribution >= 4 is 11.8 Å². The Morgan fingerprint density at radius 3 is 2.35 bits per heavy atom. The average Bonchev–Trinajstić information content (AvgIpc) is 3.20. The summed E-state index contributed by atoms with van der Waals surface area (Å²) in [5, 5.41) is 2.94. The van der Waals surface area contributed by atoms with Crippen LogP contribution in [0.5, 0.6) is 0 Å². The van der Waals surface area contributed by atoms with Crippen LogP contribution in [0.3, 0.4) is 0 Å². The third-order valence-corrected chi connectivity index (χ3v) is 4.86. The first kappa shape index (κ1) is 18.2. The molecule has 0 saturated carbocycles. The Bertz CT molecular complexity index is 775. The van der Waals surface area contributed by atoms with Crippen LogP contribution in [0.25, 0.3) is 0 Å². The highest BCUT2D eigenvalue weighted by molar-refractivity contribution is 5.95. The Labute approximate surface area is 155 Å². The maximum atomic E-state index is 12.5. The van der Waals surface area contributed by atoms with Gasteiger partial charge in [-0.3, -0.25) is 9.59 Å². The molecule has 2 aromatic carbocycles. The first-order valence-corrected chi connectivity index (χ1v) is 9.31. The van der Waals surface area contributed by atoms with E-state index in [-0.39, 0.29) is 11.8 Å². The van der Waals surface area contributed by atoms with Gasteiger partial charge in [-0.05, 0) is 54.2 Å². The highest BCUT2D eigenvalue weighted by Gasteiger charge is 2.19. The maximum absolute atomic E-state index is 12.5. The second-order valence-corrected chi connectivity index (χ2v) is 7.16. The van der Waals surface area contributed by atoms with Crippen molar-refractivity contribution in [1.82, 2.24) is 10.2 Å². The highest BCUT2D eigenvalue weighted by atomic mass is 16.2. The molecule has 2 amide bonds. The molecule has 4 heteroatoms. The summed E-state index contributed by atoms with van der Waals surface area (Å²) < 4.78 is 0. The van der Waals surface area contributed by atoms with Gasteiger partial charge in [0.2, 0.25) is 0 Å². The van der Waals surface area contributed by atoms with E-state index < -0.39 is 0 Å². The van der Waals surface area contributed by atoms with Crippen LogP contribution in [-0.4, -0.2) is 29.8 Å². The van der Waals surface area contributed by atoms with Gasteiger partial charge in [-0.2, -0.15) is 0 Å². The van der Waals surface area contributed by atoms with E-state index in [2.05, 4.69) is 19.2 Å². The highest BCUT2D eigenvalue weighted by Crippen LogP contribution is 2.16. The van der Waals surface area contributed by atoms with E-state index in [1.54, 1.807) is 0 Å². The van der Waals surface area contributed by atoms with E-state index >= 15 is 0 Å². The largest absolute Gasteiger partial charge is 0.348 e. The molecule has 0 atom stereocenters. The van der Waals surface area contributed by atoms with Gasteiger partial charge in [-0.25, -0.2) is 0 Å². The maximum Gasteiger partial charge on any atom is 0.253 e. The third-order valence-electron chi connectivity index (χ3n) is 4.86. The number of nitrogens with zero attached hydrogens (tertiary/aromatic N) is 1. The average molecular weight is 350 g/mol. The van der Waals surface area contributed by atoms with E-state index in [0.29, 0.717) is 23.6 Å². The van der Waals surface area contributed by atoms with Gasteiger partial charge >= 0.3 is 0 Å². The molecule has 0 bridgehead atoms. The molecule has 0 radical (unpaired) electrons. The molecular weight excluding hydrogens is 324 g/mol. The quantitative estimate of drug-likeness (QED) is 0.887. The molecule has 3 rings (SSSR count). The SMILES string of the molecule is CC(C)c1ccc(C(=O)NCc2cccc(C(=O)N3CCCC3)c2)cc1. The van der Waals surface area contributed by atoms with E-state index in [0.717, 1.165) is 31.5 Å². The van der Waals surface area contributed by atoms with Gasteiger partial charge in [0.05, 0.1) is 0 Å². The molecular formula is C22H26N2O2. The predicted molar refractivity (Wildman–Crippen MR) is 103 cm³/mol. The first-order chi connectivity index (χ1) is 12.5. The molecule has 1 aliphatic rings. The van der Waals surface area contributed by atoms with Crippen molar-refractivity contribution in [1.29, 1.82) is 0 Å². The van der Waals surface area contributed by atoms with Crippen molar-refractivity contribution < 1.29 is 9.59 Å². The summed E-state index contributed by atoms with van der Waals surface area (Å²) in [6, 6.07) is 15.2. The Hall–Kier alpha value is -2.62. The third kappa shape index (κ3) is 4.31. The van der Waals surface area contributed by atoms with Crippen LogP contribution in [0.4, 0.5) is 0 Å². The van der Waals surface area contributed by atoms with E-state index in [4.69, 9.17) is 0 Å². The van der Waals surface area contributed by atoms with E-state index in [9.17, 15) is 9.59 Å². The van der Waals surface area contributed by atoms with Crippen LogP contribution in [-0.2, 0) is 6.54 Å². The van der Waals surface area contributed by atoms with Gasteiger partial charge in [-0.1, -0.05) is 38.1 Å². The summed E-state index contributed by atoms with van der Waals surface area (Å²) in [7, 11) is 0. The van der Waals surface area contributed by atoms with Crippen molar-refractivity contribution in [3.8, 4) is 0 Å². The molecule has 1 saturated heterocycles. The second kappa shape index (κ2) is 8.17. The van der Waals surface area contributed by atoms with Crippen LogP contribution >= 0.6 is 0 Å². The molecule has 1 fully saturated rings. The fourth-order valence-electron chi connectivity index (χ4n) is 3.22. The van der Waals surface area contributed by atoms with Gasteiger partial charge < -0.3 is 10.2 Å². The first-order valence-electron chi connectivity index (χ1n) is 9.31. The fourth-order valence-corrected chi connectivity index (χ4v) is 3.22. The van der Waals surface area contributed by atoms with Gasteiger partial charge in [0.1, 0.15) is 0 Å². The molecule has 0 unspecified atom stereocenters. The molecule has 0 spiro atoms. The van der Waals surface area contributed by atoms with Crippen LogP contribution in [0, 0.1) is 0 Å². The summed E-state index contributed by atoms with van der Waals surface area (Å²) in [5.41, 5.74) is 3.50. The molecule has 1 aliphatic heterocycles. The van der Waals surface area contributed by atoms with E-state index in [1.165, 1.54) is 5.56 Å². The summed E-state index contributed by atoms with van der Waals surface area (Å²) in [5.74, 6) is 0.430. The molecule has 26 heavy (non-hydrogen) atoms. The van der Waals surface area contributed by atoms with E-state index in [1.807, 2.05) is 53.4 Å². The number of nitrogens with one attached hydrogen (secondary N) is 1. The summed E-state index contributed by atoms with van der Waals surface area (Å²) in [6.07, 6.45) is 2.16. The lowest BCUT2D eigenvalue weighted by Crippen LogP contribution is -2.28. The summed E-state index contributed by atoms with van der Waals surface area (Å²) in [4.78, 5) is 26.7. The summed E-state index contributed by atoms with van der Waals surface area (Å²) >= 11 is 0. The Kier molecular flexibility index (Phi) is 5.71. The number of likely N-dealkylation sites (tertiary alicyclic amines) is 1. The van der Waals surface area contributed by atoms with Gasteiger partial charge in [0.25, 0.3) is 11.8 Å². The van der Waals surface area contributed by atoms with Crippen molar-refractivity contribution in [2.24, 2.45) is 0 Å². The minimum Gasteiger partial charge on any atom is -0.348 e. The predicted octanol–water partition coefficient (Wildman–Crippen LogP) is 3.98. The zero-order chi connectivity index (χ0) is 18.5. The van der Waals surface area contributed by atoms with Gasteiger partial charge in [-0.15, -0.1) is 0 Å². The zero-order valence-electron chi connectivity index (χ0n) is 15.5. The van der Waals surface area contributed by atoms with Crippen molar-refractivity contribution in [2.45, 2.75) is 39.2 Å². The van der Waals surface area contributed by atoms with Crippen LogP contribution < -0.4 is 5.32 Å². The molecule has 1 heterocycles. The molecule has 136 valence electrons. The Morgan fingerprint density at radius 1 is 1.00 bits per heavy atom. The topological polar surface area (TPSA) is 49.4 Å². The summed E-state index contributed by atoms with van der Waals surface area (Å²) in [6.45, 7) is 6.35. The minimum atomic E-state index is -0.100. The molecule has 1 N–H and O–H groups in total. The van der Waals surface area contributed by atoms with Crippen molar-refractivity contribution in [3.63, 3.8) is 0 Å². The molecule has 2 aromatic rings. The number of hydrogen-bond acceptors (Lipinski definition) is 2. The lowest BCUT2D eigenvalue weighted by Gasteiger charge is -2.15. The zero-order valence-corrected chi connectivity index (χ0v) is 15.5. The number of benzene rings is 2. The van der Waals surface area contributed by atoms with Crippen LogP contribution in [0.15, 0.2) is 48.5 Å². The lowest BCUT2D eigenvalue weighted by molar-refractivity contribution is 0.0792. The number of rotatable bonds is 5. The number of hydrogen-bond donors (Lipinski definition) is 1. The van der Waals surface area contributed by atoms with Crippen molar-refractivity contribution in [3.05, 3.63) is 70.8 Å². The minimum absolute atomic E-state index is 0.0833. The smallest absolute Gasteiger partial charge is 0.253 e. The fraction of sp³-hybridized carbons (Fsp3) is 0.364. The molecule has 0 aromatic heterocycles.